The molecule has 0 radical (unpaired) electrons. The Morgan fingerprint density at radius 3 is 2.42 bits per heavy atom. The van der Waals surface area contributed by atoms with E-state index >= 15 is 0 Å². The monoisotopic (exact) mass is 278 g/mol. The van der Waals surface area contributed by atoms with Gasteiger partial charge in [0, 0.05) is 19.1 Å². The Morgan fingerprint density at radius 2 is 1.79 bits per heavy atom. The molecule has 0 aromatic heterocycles. The summed E-state index contributed by atoms with van der Waals surface area (Å²) in [4.78, 5) is 13.7. The van der Waals surface area contributed by atoms with E-state index in [4.69, 9.17) is 5.73 Å². The molecular weight excluding hydrogens is 257 g/mol. The molecule has 2 rings (SSSR count). The number of alkyl halides is 3. The van der Waals surface area contributed by atoms with Crippen LogP contribution in [0.25, 0.3) is 0 Å². The van der Waals surface area contributed by atoms with Crippen LogP contribution in [0.3, 0.4) is 0 Å². The van der Waals surface area contributed by atoms with Crippen LogP contribution < -0.4 is 5.73 Å². The van der Waals surface area contributed by atoms with Gasteiger partial charge in [-0.15, -0.1) is 0 Å². The maximum absolute atomic E-state index is 12.7. The molecule has 2 N–H and O–H groups in total. The summed E-state index contributed by atoms with van der Waals surface area (Å²) in [6, 6.07) is -0.187. The first-order valence-corrected chi connectivity index (χ1v) is 7.00. The lowest BCUT2D eigenvalue weighted by Crippen LogP contribution is -2.50. The van der Waals surface area contributed by atoms with Crippen molar-refractivity contribution in [2.24, 2.45) is 17.6 Å². The summed E-state index contributed by atoms with van der Waals surface area (Å²) in [6.07, 6.45) is -0.174. The van der Waals surface area contributed by atoms with Crippen molar-refractivity contribution in [1.82, 2.24) is 4.90 Å². The second kappa shape index (κ2) is 5.69. The van der Waals surface area contributed by atoms with Crippen LogP contribution in [-0.4, -0.2) is 36.1 Å². The van der Waals surface area contributed by atoms with Crippen molar-refractivity contribution in [1.29, 1.82) is 0 Å². The number of hydrogen-bond acceptors (Lipinski definition) is 2. The van der Waals surface area contributed by atoms with E-state index in [2.05, 4.69) is 0 Å². The van der Waals surface area contributed by atoms with Gasteiger partial charge in [-0.2, -0.15) is 13.2 Å². The minimum absolute atomic E-state index is 0.129. The summed E-state index contributed by atoms with van der Waals surface area (Å²) < 4.78 is 38.2. The Morgan fingerprint density at radius 1 is 1.11 bits per heavy atom. The Bertz CT molecular complexity index is 332. The summed E-state index contributed by atoms with van der Waals surface area (Å²) in [6.45, 7) is 0.250. The third-order valence-corrected chi connectivity index (χ3v) is 4.33. The number of nitrogens with two attached hydrogens (primary N) is 1. The van der Waals surface area contributed by atoms with Crippen molar-refractivity contribution in [2.75, 3.05) is 13.1 Å². The first-order valence-electron chi connectivity index (χ1n) is 7.00. The number of piperidine rings is 1. The van der Waals surface area contributed by atoms with E-state index < -0.39 is 12.1 Å². The number of hydrogen-bond donors (Lipinski definition) is 1. The van der Waals surface area contributed by atoms with Crippen molar-refractivity contribution >= 4 is 5.91 Å². The molecule has 1 aliphatic carbocycles. The molecule has 2 aliphatic rings. The zero-order chi connectivity index (χ0) is 14.0. The van der Waals surface area contributed by atoms with Gasteiger partial charge in [-0.25, -0.2) is 0 Å². The lowest BCUT2D eigenvalue weighted by molar-refractivity contribution is -0.189. The SMILES string of the molecule is NC1CCCCC1C(=O)N1CCCC(C(F)(F)F)C1. The normalized spacial score (nSPS) is 33.3. The fourth-order valence-corrected chi connectivity index (χ4v) is 3.15. The van der Waals surface area contributed by atoms with E-state index in [-0.39, 0.29) is 30.8 Å². The molecule has 2 fully saturated rings. The first-order chi connectivity index (χ1) is 8.89. The number of amides is 1. The molecule has 1 saturated heterocycles. The van der Waals surface area contributed by atoms with Crippen LogP contribution in [0, 0.1) is 11.8 Å². The van der Waals surface area contributed by atoms with E-state index in [9.17, 15) is 18.0 Å². The smallest absolute Gasteiger partial charge is 0.342 e. The number of halogens is 3. The van der Waals surface area contributed by atoms with Crippen molar-refractivity contribution in [3.8, 4) is 0 Å². The van der Waals surface area contributed by atoms with Gasteiger partial charge in [0.25, 0.3) is 0 Å². The van der Waals surface area contributed by atoms with Gasteiger partial charge < -0.3 is 10.6 Å². The topological polar surface area (TPSA) is 46.3 Å². The Kier molecular flexibility index (Phi) is 4.38. The Balaban J connectivity index is 1.98. The molecule has 0 aromatic carbocycles. The van der Waals surface area contributed by atoms with Gasteiger partial charge in [0.15, 0.2) is 0 Å². The van der Waals surface area contributed by atoms with Gasteiger partial charge in [-0.05, 0) is 25.7 Å². The second-order valence-corrected chi connectivity index (χ2v) is 5.72. The van der Waals surface area contributed by atoms with Gasteiger partial charge in [-0.3, -0.25) is 4.79 Å². The zero-order valence-corrected chi connectivity index (χ0v) is 11.0. The second-order valence-electron chi connectivity index (χ2n) is 5.72. The van der Waals surface area contributed by atoms with Gasteiger partial charge in [-0.1, -0.05) is 12.8 Å². The van der Waals surface area contributed by atoms with Crippen LogP contribution in [0.2, 0.25) is 0 Å². The molecule has 1 saturated carbocycles. The molecule has 6 heteroatoms. The summed E-state index contributed by atoms with van der Waals surface area (Å²) >= 11 is 0. The molecule has 19 heavy (non-hydrogen) atoms. The first kappa shape index (κ1) is 14.6. The van der Waals surface area contributed by atoms with E-state index in [0.29, 0.717) is 19.4 Å². The third-order valence-electron chi connectivity index (χ3n) is 4.33. The Hall–Kier alpha value is -0.780. The van der Waals surface area contributed by atoms with Gasteiger partial charge in [0.2, 0.25) is 5.91 Å². The molecule has 3 atom stereocenters. The molecule has 3 nitrogen and oxygen atoms in total. The zero-order valence-electron chi connectivity index (χ0n) is 11.0. The predicted octanol–water partition coefficient (Wildman–Crippen LogP) is 2.30. The molecule has 0 spiro atoms. The number of rotatable bonds is 1. The number of nitrogens with zero attached hydrogens (tertiary/aromatic N) is 1. The highest BCUT2D eigenvalue weighted by Crippen LogP contribution is 2.34. The highest BCUT2D eigenvalue weighted by Gasteiger charge is 2.44. The molecule has 3 unspecified atom stereocenters. The standard InChI is InChI=1S/C13H21F3N2O/c14-13(15,16)9-4-3-7-18(8-9)12(19)10-5-1-2-6-11(10)17/h9-11H,1-8,17H2. The largest absolute Gasteiger partial charge is 0.393 e. The van der Waals surface area contributed by atoms with Gasteiger partial charge >= 0.3 is 6.18 Å². The van der Waals surface area contributed by atoms with Gasteiger partial charge in [0.05, 0.1) is 11.8 Å². The quantitative estimate of drug-likeness (QED) is 0.800. The van der Waals surface area contributed by atoms with Crippen molar-refractivity contribution in [3.63, 3.8) is 0 Å². The molecule has 0 aromatic rings. The van der Waals surface area contributed by atoms with Crippen LogP contribution in [0.1, 0.15) is 38.5 Å². The molecule has 1 aliphatic heterocycles. The number of likely N-dealkylation sites (tertiary alicyclic amines) is 1. The molecule has 1 heterocycles. The molecular formula is C13H21F3N2O. The summed E-state index contributed by atoms with van der Waals surface area (Å²) in [5.41, 5.74) is 5.94. The molecule has 1 amide bonds. The lowest BCUT2D eigenvalue weighted by atomic mass is 9.83. The minimum atomic E-state index is -4.20. The fraction of sp³-hybridized carbons (Fsp3) is 0.923. The third kappa shape index (κ3) is 3.41. The van der Waals surface area contributed by atoms with Crippen molar-refractivity contribution in [2.45, 2.75) is 50.7 Å². The maximum atomic E-state index is 12.7. The number of carbonyl (C=O) groups excluding carboxylic acids is 1. The highest BCUT2D eigenvalue weighted by atomic mass is 19.4. The van der Waals surface area contributed by atoms with Gasteiger partial charge in [0.1, 0.15) is 0 Å². The minimum Gasteiger partial charge on any atom is -0.342 e. The van der Waals surface area contributed by atoms with Crippen LogP contribution in [0.4, 0.5) is 13.2 Å². The average molecular weight is 278 g/mol. The number of carbonyl (C=O) groups is 1. The summed E-state index contributed by atoms with van der Waals surface area (Å²) in [5.74, 6) is -1.81. The van der Waals surface area contributed by atoms with Crippen LogP contribution in [0.5, 0.6) is 0 Å². The fourth-order valence-electron chi connectivity index (χ4n) is 3.15. The summed E-state index contributed by atoms with van der Waals surface area (Å²) in [5, 5.41) is 0. The van der Waals surface area contributed by atoms with Crippen LogP contribution >= 0.6 is 0 Å². The van der Waals surface area contributed by atoms with E-state index in [1.54, 1.807) is 0 Å². The average Bonchev–Trinajstić information content (AvgIpc) is 2.38. The van der Waals surface area contributed by atoms with E-state index in [0.717, 1.165) is 19.3 Å². The lowest BCUT2D eigenvalue weighted by Gasteiger charge is -2.38. The van der Waals surface area contributed by atoms with E-state index in [1.165, 1.54) is 4.90 Å². The predicted molar refractivity (Wildman–Crippen MR) is 65.3 cm³/mol. The maximum Gasteiger partial charge on any atom is 0.393 e. The van der Waals surface area contributed by atoms with E-state index in [1.807, 2.05) is 0 Å². The molecule has 110 valence electrons. The van der Waals surface area contributed by atoms with Crippen LogP contribution in [-0.2, 0) is 4.79 Å². The summed E-state index contributed by atoms with van der Waals surface area (Å²) in [7, 11) is 0. The Labute approximate surface area is 111 Å². The molecule has 0 bridgehead atoms. The van der Waals surface area contributed by atoms with Crippen LogP contribution in [0.15, 0.2) is 0 Å². The van der Waals surface area contributed by atoms with Crippen molar-refractivity contribution < 1.29 is 18.0 Å². The highest BCUT2D eigenvalue weighted by molar-refractivity contribution is 5.79. The van der Waals surface area contributed by atoms with Crippen molar-refractivity contribution in [3.05, 3.63) is 0 Å².